The van der Waals surface area contributed by atoms with Crippen LogP contribution in [0.25, 0.3) is 0 Å². The summed E-state index contributed by atoms with van der Waals surface area (Å²) in [6, 6.07) is 6.17. The molecule has 3 heterocycles. The summed E-state index contributed by atoms with van der Waals surface area (Å²) in [5, 5.41) is 3.97. The first-order chi connectivity index (χ1) is 10.7. The Morgan fingerprint density at radius 2 is 2.23 bits per heavy atom. The molecule has 0 radical (unpaired) electrons. The van der Waals surface area contributed by atoms with Crippen molar-refractivity contribution in [3.8, 4) is 0 Å². The number of pyridine rings is 1. The predicted octanol–water partition coefficient (Wildman–Crippen LogP) is 2.38. The zero-order valence-corrected chi connectivity index (χ0v) is 13.5. The molecule has 22 heavy (non-hydrogen) atoms. The molecule has 0 bridgehead atoms. The largest absolute Gasteiger partial charge is 0.380 e. The minimum Gasteiger partial charge on any atom is -0.380 e. The summed E-state index contributed by atoms with van der Waals surface area (Å²) in [5.41, 5.74) is 3.32. The quantitative estimate of drug-likeness (QED) is 0.848. The van der Waals surface area contributed by atoms with Crippen molar-refractivity contribution in [1.82, 2.24) is 15.0 Å². The van der Waals surface area contributed by atoms with E-state index in [1.165, 1.54) is 5.56 Å². The highest BCUT2D eigenvalue weighted by molar-refractivity contribution is 5.18. The van der Waals surface area contributed by atoms with Crippen LogP contribution in [-0.2, 0) is 17.7 Å². The molecule has 5 nitrogen and oxygen atoms in total. The SMILES string of the molecule is CO[C@H]1CN(Cc2cccnc2C)C[C@H]1Cc1cc(C)no1. The van der Waals surface area contributed by atoms with Gasteiger partial charge in [0.2, 0.25) is 0 Å². The Labute approximate surface area is 131 Å². The fourth-order valence-corrected chi connectivity index (χ4v) is 3.22. The first-order valence-corrected chi connectivity index (χ1v) is 7.73. The van der Waals surface area contributed by atoms with Crippen LogP contribution < -0.4 is 0 Å². The lowest BCUT2D eigenvalue weighted by atomic mass is 10.0. The van der Waals surface area contributed by atoms with E-state index in [9.17, 15) is 0 Å². The second-order valence-electron chi connectivity index (χ2n) is 6.11. The Bertz CT molecular complexity index is 626. The summed E-state index contributed by atoms with van der Waals surface area (Å²) < 4.78 is 11.0. The van der Waals surface area contributed by atoms with Crippen LogP contribution in [0, 0.1) is 19.8 Å². The van der Waals surface area contributed by atoms with Gasteiger partial charge in [-0.25, -0.2) is 0 Å². The number of ether oxygens (including phenoxy) is 1. The first-order valence-electron chi connectivity index (χ1n) is 7.73. The molecule has 118 valence electrons. The Morgan fingerprint density at radius 1 is 1.36 bits per heavy atom. The van der Waals surface area contributed by atoms with Gasteiger partial charge in [-0.3, -0.25) is 9.88 Å². The molecule has 0 amide bonds. The van der Waals surface area contributed by atoms with Crippen molar-refractivity contribution in [3.05, 3.63) is 47.1 Å². The molecule has 0 N–H and O–H groups in total. The molecule has 5 heteroatoms. The van der Waals surface area contributed by atoms with Crippen LogP contribution in [0.4, 0.5) is 0 Å². The number of aryl methyl sites for hydroxylation is 2. The number of hydrogen-bond donors (Lipinski definition) is 0. The summed E-state index contributed by atoms with van der Waals surface area (Å²) in [5.74, 6) is 1.39. The summed E-state index contributed by atoms with van der Waals surface area (Å²) in [6.07, 6.45) is 2.96. The highest BCUT2D eigenvalue weighted by Crippen LogP contribution is 2.25. The third-order valence-corrected chi connectivity index (χ3v) is 4.41. The van der Waals surface area contributed by atoms with Gasteiger partial charge in [-0.2, -0.15) is 0 Å². The molecule has 1 aliphatic heterocycles. The van der Waals surface area contributed by atoms with Gasteiger partial charge >= 0.3 is 0 Å². The maximum absolute atomic E-state index is 5.68. The number of aromatic nitrogens is 2. The minimum absolute atomic E-state index is 0.238. The van der Waals surface area contributed by atoms with Gasteiger partial charge in [-0.05, 0) is 25.5 Å². The number of rotatable bonds is 5. The van der Waals surface area contributed by atoms with Crippen LogP contribution in [0.2, 0.25) is 0 Å². The van der Waals surface area contributed by atoms with Crippen LogP contribution >= 0.6 is 0 Å². The van der Waals surface area contributed by atoms with E-state index in [0.717, 1.165) is 43.2 Å². The van der Waals surface area contributed by atoms with E-state index in [0.29, 0.717) is 5.92 Å². The topological polar surface area (TPSA) is 51.4 Å². The second-order valence-corrected chi connectivity index (χ2v) is 6.11. The number of methoxy groups -OCH3 is 1. The maximum atomic E-state index is 5.68. The van der Waals surface area contributed by atoms with E-state index >= 15 is 0 Å². The third-order valence-electron chi connectivity index (χ3n) is 4.41. The molecule has 3 rings (SSSR count). The average Bonchev–Trinajstić information content (AvgIpc) is 3.08. The first kappa shape index (κ1) is 15.2. The lowest BCUT2D eigenvalue weighted by molar-refractivity contribution is 0.0761. The van der Waals surface area contributed by atoms with Crippen molar-refractivity contribution in [2.24, 2.45) is 5.92 Å². The van der Waals surface area contributed by atoms with Gasteiger partial charge in [0.25, 0.3) is 0 Å². The standard InChI is InChI=1S/C17H23N3O2/c1-12-7-16(22-19-12)8-15-10-20(11-17(15)21-3)9-14-5-4-6-18-13(14)2/h4-7,15,17H,8-11H2,1-3H3/t15-,17+/m1/s1. The smallest absolute Gasteiger partial charge is 0.137 e. The van der Waals surface area contributed by atoms with Gasteiger partial charge in [-0.15, -0.1) is 0 Å². The van der Waals surface area contributed by atoms with Crippen molar-refractivity contribution in [2.45, 2.75) is 32.9 Å². The fourth-order valence-electron chi connectivity index (χ4n) is 3.22. The molecule has 1 fully saturated rings. The zero-order chi connectivity index (χ0) is 15.5. The molecule has 1 saturated heterocycles. The van der Waals surface area contributed by atoms with Gasteiger partial charge in [-0.1, -0.05) is 11.2 Å². The molecule has 0 saturated carbocycles. The van der Waals surface area contributed by atoms with E-state index in [2.05, 4.69) is 28.0 Å². The van der Waals surface area contributed by atoms with Crippen molar-refractivity contribution in [3.63, 3.8) is 0 Å². The molecular weight excluding hydrogens is 278 g/mol. The molecule has 0 spiro atoms. The molecule has 0 unspecified atom stereocenters. The van der Waals surface area contributed by atoms with Crippen molar-refractivity contribution in [1.29, 1.82) is 0 Å². The van der Waals surface area contributed by atoms with E-state index in [1.54, 1.807) is 7.11 Å². The lowest BCUT2D eigenvalue weighted by Gasteiger charge is -2.16. The van der Waals surface area contributed by atoms with Gasteiger partial charge in [0.1, 0.15) is 5.76 Å². The molecule has 1 aliphatic rings. The summed E-state index contributed by atoms with van der Waals surface area (Å²) in [6.45, 7) is 6.89. The van der Waals surface area contributed by atoms with Gasteiger partial charge in [0.15, 0.2) is 0 Å². The van der Waals surface area contributed by atoms with E-state index in [-0.39, 0.29) is 6.10 Å². The minimum atomic E-state index is 0.238. The predicted molar refractivity (Wildman–Crippen MR) is 83.5 cm³/mol. The summed E-state index contributed by atoms with van der Waals surface area (Å²) in [7, 11) is 1.79. The Morgan fingerprint density at radius 3 is 2.91 bits per heavy atom. The number of nitrogens with zero attached hydrogens (tertiary/aromatic N) is 3. The normalized spacial score (nSPS) is 22.3. The fraction of sp³-hybridized carbons (Fsp3) is 0.529. The molecule has 2 atom stereocenters. The van der Waals surface area contributed by atoms with Gasteiger partial charge in [0, 0.05) is 57.0 Å². The monoisotopic (exact) mass is 301 g/mol. The number of hydrogen-bond acceptors (Lipinski definition) is 5. The van der Waals surface area contributed by atoms with Gasteiger partial charge < -0.3 is 9.26 Å². The van der Waals surface area contributed by atoms with Crippen molar-refractivity contribution >= 4 is 0 Å². The van der Waals surface area contributed by atoms with Crippen LogP contribution in [0.15, 0.2) is 28.9 Å². The van der Waals surface area contributed by atoms with Crippen LogP contribution in [0.1, 0.15) is 22.7 Å². The number of likely N-dealkylation sites (tertiary alicyclic amines) is 1. The molecule has 2 aromatic heterocycles. The van der Waals surface area contributed by atoms with Crippen LogP contribution in [-0.4, -0.2) is 41.3 Å². The lowest BCUT2D eigenvalue weighted by Crippen LogP contribution is -2.23. The summed E-state index contributed by atoms with van der Waals surface area (Å²) >= 11 is 0. The third kappa shape index (κ3) is 3.36. The highest BCUT2D eigenvalue weighted by Gasteiger charge is 2.33. The maximum Gasteiger partial charge on any atom is 0.137 e. The second kappa shape index (κ2) is 6.58. The average molecular weight is 301 g/mol. The summed E-state index contributed by atoms with van der Waals surface area (Å²) in [4.78, 5) is 6.81. The molecular formula is C17H23N3O2. The zero-order valence-electron chi connectivity index (χ0n) is 13.5. The van der Waals surface area contributed by atoms with E-state index in [4.69, 9.17) is 9.26 Å². The Kier molecular flexibility index (Phi) is 4.55. The molecule has 0 aromatic carbocycles. The van der Waals surface area contributed by atoms with E-state index < -0.39 is 0 Å². The highest BCUT2D eigenvalue weighted by atomic mass is 16.5. The molecule has 0 aliphatic carbocycles. The van der Waals surface area contributed by atoms with Crippen LogP contribution in [0.5, 0.6) is 0 Å². The van der Waals surface area contributed by atoms with Crippen molar-refractivity contribution in [2.75, 3.05) is 20.2 Å². The van der Waals surface area contributed by atoms with Crippen molar-refractivity contribution < 1.29 is 9.26 Å². The molecule has 2 aromatic rings. The van der Waals surface area contributed by atoms with E-state index in [1.807, 2.05) is 25.3 Å². The van der Waals surface area contributed by atoms with Gasteiger partial charge in [0.05, 0.1) is 11.8 Å². The Balaban J connectivity index is 1.65. The van der Waals surface area contributed by atoms with Crippen LogP contribution in [0.3, 0.4) is 0 Å². The Hall–Kier alpha value is -1.72.